The minimum atomic E-state index is 0.349. The largest absolute Gasteiger partial charge is 0.364 e. The molecule has 2 aromatic heterocycles. The summed E-state index contributed by atoms with van der Waals surface area (Å²) < 4.78 is 5.33. The molecule has 3 aromatic rings. The molecule has 4 nitrogen and oxygen atoms in total. The molecule has 5 heteroatoms. The number of fused-ring (bicyclic) bond motifs is 1. The van der Waals surface area contributed by atoms with Crippen LogP contribution in [0, 0.1) is 6.92 Å². The van der Waals surface area contributed by atoms with Crippen molar-refractivity contribution in [2.75, 3.05) is 11.6 Å². The molecule has 0 aliphatic heterocycles. The first kappa shape index (κ1) is 15.9. The highest BCUT2D eigenvalue weighted by Gasteiger charge is 2.09. The van der Waals surface area contributed by atoms with Gasteiger partial charge in [0, 0.05) is 22.3 Å². The van der Waals surface area contributed by atoms with Crippen molar-refractivity contribution in [3.8, 4) is 0 Å². The number of benzene rings is 1. The lowest BCUT2D eigenvalue weighted by Crippen LogP contribution is -2.02. The minimum Gasteiger partial charge on any atom is -0.364 e. The van der Waals surface area contributed by atoms with Gasteiger partial charge in [0.25, 0.3) is 0 Å². The molecule has 0 atom stereocenters. The zero-order chi connectivity index (χ0) is 16.4. The van der Waals surface area contributed by atoms with E-state index in [1.54, 1.807) is 11.8 Å². The lowest BCUT2D eigenvalue weighted by atomic mass is 10.1. The third-order valence-electron chi connectivity index (χ3n) is 3.82. The molecule has 2 heterocycles. The smallest absolute Gasteiger partial charge is 0.139 e. The van der Waals surface area contributed by atoms with Gasteiger partial charge in [-0.1, -0.05) is 25.1 Å². The SMILES string of the molecule is CSc1ccc2c(C)cc(NCc3cc(C(C)C)on3)nc2c1. The molecular formula is C18H21N3OS. The van der Waals surface area contributed by atoms with Crippen molar-refractivity contribution < 1.29 is 4.52 Å². The maximum absolute atomic E-state index is 5.33. The van der Waals surface area contributed by atoms with Crippen molar-refractivity contribution in [1.82, 2.24) is 10.1 Å². The molecule has 0 bridgehead atoms. The molecule has 1 N–H and O–H groups in total. The van der Waals surface area contributed by atoms with Crippen molar-refractivity contribution >= 4 is 28.5 Å². The second kappa shape index (κ2) is 6.62. The molecule has 120 valence electrons. The molecule has 0 unspecified atom stereocenters. The van der Waals surface area contributed by atoms with Gasteiger partial charge < -0.3 is 9.84 Å². The van der Waals surface area contributed by atoms with Crippen molar-refractivity contribution in [1.29, 1.82) is 0 Å². The second-order valence-electron chi connectivity index (χ2n) is 5.94. The number of nitrogens with zero attached hydrogens (tertiary/aromatic N) is 2. The van der Waals surface area contributed by atoms with Gasteiger partial charge in [-0.25, -0.2) is 4.98 Å². The summed E-state index contributed by atoms with van der Waals surface area (Å²) in [6.07, 6.45) is 2.08. The van der Waals surface area contributed by atoms with Gasteiger partial charge in [-0.15, -0.1) is 11.8 Å². The van der Waals surface area contributed by atoms with E-state index in [1.807, 2.05) is 6.07 Å². The molecule has 0 saturated heterocycles. The van der Waals surface area contributed by atoms with Crippen LogP contribution in [-0.4, -0.2) is 16.4 Å². The highest BCUT2D eigenvalue weighted by atomic mass is 32.2. The maximum Gasteiger partial charge on any atom is 0.139 e. The second-order valence-corrected chi connectivity index (χ2v) is 6.82. The van der Waals surface area contributed by atoms with Crippen LogP contribution in [0.4, 0.5) is 5.82 Å². The number of aryl methyl sites for hydroxylation is 1. The van der Waals surface area contributed by atoms with Crippen molar-refractivity contribution in [3.05, 3.63) is 47.3 Å². The molecule has 0 spiro atoms. The zero-order valence-corrected chi connectivity index (χ0v) is 14.7. The fraction of sp³-hybridized carbons (Fsp3) is 0.333. The first-order chi connectivity index (χ1) is 11.1. The highest BCUT2D eigenvalue weighted by Crippen LogP contribution is 2.25. The number of nitrogens with one attached hydrogen (secondary N) is 1. The van der Waals surface area contributed by atoms with Crippen LogP contribution in [0.2, 0.25) is 0 Å². The average Bonchev–Trinajstić information content (AvgIpc) is 3.01. The van der Waals surface area contributed by atoms with Crippen LogP contribution in [0.3, 0.4) is 0 Å². The summed E-state index contributed by atoms with van der Waals surface area (Å²) in [6, 6.07) is 10.5. The summed E-state index contributed by atoms with van der Waals surface area (Å²) in [7, 11) is 0. The van der Waals surface area contributed by atoms with Crippen LogP contribution in [0.25, 0.3) is 10.9 Å². The van der Waals surface area contributed by atoms with Gasteiger partial charge in [0.1, 0.15) is 17.3 Å². The van der Waals surface area contributed by atoms with Gasteiger partial charge in [0.15, 0.2) is 0 Å². The summed E-state index contributed by atoms with van der Waals surface area (Å²) >= 11 is 1.73. The quantitative estimate of drug-likeness (QED) is 0.669. The Labute approximate surface area is 140 Å². The summed E-state index contributed by atoms with van der Waals surface area (Å²) in [5.74, 6) is 2.12. The number of anilines is 1. The molecule has 1 aromatic carbocycles. The van der Waals surface area contributed by atoms with Gasteiger partial charge in [-0.2, -0.15) is 0 Å². The van der Waals surface area contributed by atoms with Gasteiger partial charge in [0.2, 0.25) is 0 Å². The number of aromatic nitrogens is 2. The predicted molar refractivity (Wildman–Crippen MR) is 96.2 cm³/mol. The Hall–Kier alpha value is -2.01. The summed E-state index contributed by atoms with van der Waals surface area (Å²) in [5, 5.41) is 8.63. The van der Waals surface area contributed by atoms with Crippen LogP contribution in [-0.2, 0) is 6.54 Å². The lowest BCUT2D eigenvalue weighted by Gasteiger charge is -2.09. The Morgan fingerprint density at radius 1 is 1.22 bits per heavy atom. The van der Waals surface area contributed by atoms with E-state index in [9.17, 15) is 0 Å². The van der Waals surface area contributed by atoms with Gasteiger partial charge in [-0.05, 0) is 36.9 Å². The van der Waals surface area contributed by atoms with E-state index < -0.39 is 0 Å². The Morgan fingerprint density at radius 2 is 2.04 bits per heavy atom. The third-order valence-corrected chi connectivity index (χ3v) is 4.55. The van der Waals surface area contributed by atoms with Crippen LogP contribution >= 0.6 is 11.8 Å². The molecule has 0 aliphatic carbocycles. The highest BCUT2D eigenvalue weighted by molar-refractivity contribution is 7.98. The molecule has 0 amide bonds. The average molecular weight is 327 g/mol. The molecule has 0 fully saturated rings. The topological polar surface area (TPSA) is 51.0 Å². The normalized spacial score (nSPS) is 11.3. The van der Waals surface area contributed by atoms with Crippen LogP contribution in [0.5, 0.6) is 0 Å². The van der Waals surface area contributed by atoms with E-state index in [4.69, 9.17) is 9.51 Å². The number of hydrogen-bond donors (Lipinski definition) is 1. The Kier molecular flexibility index (Phi) is 4.57. The molecule has 0 radical (unpaired) electrons. The Balaban J connectivity index is 1.81. The molecule has 0 saturated carbocycles. The van der Waals surface area contributed by atoms with E-state index in [0.717, 1.165) is 22.8 Å². The van der Waals surface area contributed by atoms with Crippen LogP contribution < -0.4 is 5.32 Å². The Morgan fingerprint density at radius 3 is 2.74 bits per heavy atom. The number of hydrogen-bond acceptors (Lipinski definition) is 5. The van der Waals surface area contributed by atoms with E-state index in [1.165, 1.54) is 15.8 Å². The van der Waals surface area contributed by atoms with E-state index in [2.05, 4.69) is 61.8 Å². The van der Waals surface area contributed by atoms with E-state index >= 15 is 0 Å². The van der Waals surface area contributed by atoms with Gasteiger partial charge in [-0.3, -0.25) is 0 Å². The maximum atomic E-state index is 5.33. The van der Waals surface area contributed by atoms with E-state index in [0.29, 0.717) is 12.5 Å². The monoisotopic (exact) mass is 327 g/mol. The van der Waals surface area contributed by atoms with Crippen LogP contribution in [0.15, 0.2) is 39.8 Å². The molecule has 23 heavy (non-hydrogen) atoms. The predicted octanol–water partition coefficient (Wildman–Crippen LogP) is 4.99. The summed E-state index contributed by atoms with van der Waals surface area (Å²) in [4.78, 5) is 5.94. The Bertz CT molecular complexity index is 826. The van der Waals surface area contributed by atoms with Crippen molar-refractivity contribution in [2.45, 2.75) is 38.1 Å². The molecule has 3 rings (SSSR count). The fourth-order valence-corrected chi connectivity index (χ4v) is 2.90. The number of rotatable bonds is 5. The standard InChI is InChI=1S/C18H21N3OS/c1-11(2)17-8-13(21-22-17)10-19-18-7-12(3)15-6-5-14(23-4)9-16(15)20-18/h5-9,11H,10H2,1-4H3,(H,19,20). The molecular weight excluding hydrogens is 306 g/mol. The van der Waals surface area contributed by atoms with Gasteiger partial charge >= 0.3 is 0 Å². The first-order valence-corrected chi connectivity index (χ1v) is 8.94. The lowest BCUT2D eigenvalue weighted by molar-refractivity contribution is 0.366. The number of thioether (sulfide) groups is 1. The third kappa shape index (κ3) is 3.50. The fourth-order valence-electron chi connectivity index (χ4n) is 2.46. The zero-order valence-electron chi connectivity index (χ0n) is 13.9. The van der Waals surface area contributed by atoms with E-state index in [-0.39, 0.29) is 0 Å². The number of pyridine rings is 1. The van der Waals surface area contributed by atoms with Crippen LogP contribution in [0.1, 0.15) is 36.8 Å². The summed E-state index contributed by atoms with van der Waals surface area (Å²) in [5.41, 5.74) is 3.13. The van der Waals surface area contributed by atoms with Crippen molar-refractivity contribution in [2.24, 2.45) is 0 Å². The minimum absolute atomic E-state index is 0.349. The first-order valence-electron chi connectivity index (χ1n) is 7.71. The summed E-state index contributed by atoms with van der Waals surface area (Å²) in [6.45, 7) is 6.90. The van der Waals surface area contributed by atoms with Gasteiger partial charge in [0.05, 0.1) is 12.1 Å². The van der Waals surface area contributed by atoms with Crippen molar-refractivity contribution in [3.63, 3.8) is 0 Å². The molecule has 0 aliphatic rings.